The van der Waals surface area contributed by atoms with Gasteiger partial charge in [-0.25, -0.2) is 15.0 Å². The SMILES string of the molecule is c1ccc(-c2nnc(-c3ccncn3)nc2-c2ccccn2)nc1. The van der Waals surface area contributed by atoms with Crippen molar-refractivity contribution in [2.24, 2.45) is 0 Å². The number of rotatable bonds is 3. The predicted molar refractivity (Wildman–Crippen MR) is 87.3 cm³/mol. The maximum Gasteiger partial charge on any atom is 0.201 e. The predicted octanol–water partition coefficient (Wildman–Crippen LogP) is 2.45. The van der Waals surface area contributed by atoms with Crippen molar-refractivity contribution >= 4 is 0 Å². The Bertz CT molecular complexity index is 944. The number of hydrogen-bond donors (Lipinski definition) is 0. The molecule has 0 aromatic carbocycles. The first kappa shape index (κ1) is 14.0. The molecular formula is C17H11N7. The minimum Gasteiger partial charge on any atom is -0.255 e. The minimum atomic E-state index is 0.415. The lowest BCUT2D eigenvalue weighted by Gasteiger charge is -2.07. The second-order valence-corrected chi connectivity index (χ2v) is 4.86. The van der Waals surface area contributed by atoms with Gasteiger partial charge in [0, 0.05) is 18.6 Å². The van der Waals surface area contributed by atoms with Gasteiger partial charge in [-0.3, -0.25) is 9.97 Å². The smallest absolute Gasteiger partial charge is 0.201 e. The molecule has 0 aliphatic heterocycles. The summed E-state index contributed by atoms with van der Waals surface area (Å²) in [5.41, 5.74) is 3.17. The lowest BCUT2D eigenvalue weighted by molar-refractivity contribution is 0.967. The monoisotopic (exact) mass is 313 g/mol. The van der Waals surface area contributed by atoms with Gasteiger partial charge in [0.25, 0.3) is 0 Å². The van der Waals surface area contributed by atoms with E-state index in [1.165, 1.54) is 6.33 Å². The third-order valence-corrected chi connectivity index (χ3v) is 3.31. The average Bonchev–Trinajstić information content (AvgIpc) is 2.69. The minimum absolute atomic E-state index is 0.415. The van der Waals surface area contributed by atoms with Crippen molar-refractivity contribution in [1.82, 2.24) is 35.1 Å². The Morgan fingerprint density at radius 2 is 1.33 bits per heavy atom. The van der Waals surface area contributed by atoms with Crippen LogP contribution in [0.4, 0.5) is 0 Å². The third kappa shape index (κ3) is 2.70. The maximum atomic E-state index is 4.62. The summed E-state index contributed by atoms with van der Waals surface area (Å²) in [5.74, 6) is 0.415. The zero-order chi connectivity index (χ0) is 16.2. The van der Waals surface area contributed by atoms with Crippen LogP contribution in [0.15, 0.2) is 67.4 Å². The van der Waals surface area contributed by atoms with Gasteiger partial charge >= 0.3 is 0 Å². The van der Waals surface area contributed by atoms with E-state index in [9.17, 15) is 0 Å². The van der Waals surface area contributed by atoms with Crippen LogP contribution < -0.4 is 0 Å². The number of pyridine rings is 2. The molecule has 114 valence electrons. The van der Waals surface area contributed by atoms with Gasteiger partial charge in [-0.1, -0.05) is 12.1 Å². The van der Waals surface area contributed by atoms with E-state index in [0.717, 1.165) is 0 Å². The van der Waals surface area contributed by atoms with Gasteiger partial charge in [0.15, 0.2) is 0 Å². The lowest BCUT2D eigenvalue weighted by atomic mass is 10.1. The van der Waals surface area contributed by atoms with Crippen molar-refractivity contribution in [3.8, 4) is 34.3 Å². The average molecular weight is 313 g/mol. The first-order chi connectivity index (χ1) is 11.9. The van der Waals surface area contributed by atoms with Crippen LogP contribution in [0.2, 0.25) is 0 Å². The third-order valence-electron chi connectivity index (χ3n) is 3.31. The largest absolute Gasteiger partial charge is 0.255 e. The van der Waals surface area contributed by atoms with Gasteiger partial charge in [-0.05, 0) is 30.3 Å². The zero-order valence-corrected chi connectivity index (χ0v) is 12.5. The maximum absolute atomic E-state index is 4.62. The fourth-order valence-corrected chi connectivity index (χ4v) is 2.21. The molecule has 4 aromatic heterocycles. The molecule has 0 bridgehead atoms. The lowest BCUT2D eigenvalue weighted by Crippen LogP contribution is -2.02. The molecule has 0 saturated heterocycles. The van der Waals surface area contributed by atoms with Crippen LogP contribution in [0.3, 0.4) is 0 Å². The molecule has 4 aromatic rings. The standard InChI is InChI=1S/C17H11N7/c1-3-8-19-12(5-1)15-16(13-6-2-4-9-20-13)23-24-17(22-15)14-7-10-18-11-21-14/h1-11H. The first-order valence-corrected chi connectivity index (χ1v) is 7.26. The molecule has 0 aliphatic rings. The molecule has 0 saturated carbocycles. The van der Waals surface area contributed by atoms with Crippen molar-refractivity contribution in [2.75, 3.05) is 0 Å². The molecule has 0 amide bonds. The summed E-state index contributed by atoms with van der Waals surface area (Å²) in [6.07, 6.45) is 6.51. The van der Waals surface area contributed by atoms with Crippen LogP contribution in [-0.4, -0.2) is 35.1 Å². The highest BCUT2D eigenvalue weighted by atomic mass is 15.2. The molecule has 0 unspecified atom stereocenters. The van der Waals surface area contributed by atoms with Gasteiger partial charge < -0.3 is 0 Å². The van der Waals surface area contributed by atoms with Gasteiger partial charge in [0.05, 0.1) is 11.4 Å². The Morgan fingerprint density at radius 3 is 1.96 bits per heavy atom. The van der Waals surface area contributed by atoms with Crippen molar-refractivity contribution in [3.05, 3.63) is 67.4 Å². The van der Waals surface area contributed by atoms with Gasteiger partial charge in [-0.2, -0.15) is 0 Å². The number of nitrogens with zero attached hydrogens (tertiary/aromatic N) is 7. The first-order valence-electron chi connectivity index (χ1n) is 7.26. The van der Waals surface area contributed by atoms with Crippen LogP contribution in [0.25, 0.3) is 34.3 Å². The summed E-state index contributed by atoms with van der Waals surface area (Å²) in [7, 11) is 0. The summed E-state index contributed by atoms with van der Waals surface area (Å²) in [4.78, 5) is 21.4. The molecule has 0 atom stereocenters. The van der Waals surface area contributed by atoms with E-state index in [1.54, 1.807) is 24.7 Å². The summed E-state index contributed by atoms with van der Waals surface area (Å²) >= 11 is 0. The Hall–Kier alpha value is -3.61. The van der Waals surface area contributed by atoms with Gasteiger partial charge in [-0.15, -0.1) is 10.2 Å². The zero-order valence-electron chi connectivity index (χ0n) is 12.5. The quantitative estimate of drug-likeness (QED) is 0.573. The Morgan fingerprint density at radius 1 is 0.583 bits per heavy atom. The highest BCUT2D eigenvalue weighted by molar-refractivity contribution is 5.74. The Kier molecular flexibility index (Phi) is 3.65. The van der Waals surface area contributed by atoms with Crippen LogP contribution in [0.1, 0.15) is 0 Å². The normalized spacial score (nSPS) is 10.5. The molecule has 0 aliphatic carbocycles. The van der Waals surface area contributed by atoms with Crippen LogP contribution in [0.5, 0.6) is 0 Å². The van der Waals surface area contributed by atoms with Crippen LogP contribution in [0, 0.1) is 0 Å². The molecule has 7 heteroatoms. The van der Waals surface area contributed by atoms with Crippen molar-refractivity contribution < 1.29 is 0 Å². The second kappa shape index (κ2) is 6.25. The van der Waals surface area contributed by atoms with E-state index < -0.39 is 0 Å². The van der Waals surface area contributed by atoms with Gasteiger partial charge in [0.2, 0.25) is 5.82 Å². The molecule has 4 heterocycles. The highest BCUT2D eigenvalue weighted by Gasteiger charge is 2.16. The molecule has 0 spiro atoms. The second-order valence-electron chi connectivity index (χ2n) is 4.86. The summed E-state index contributed by atoms with van der Waals surface area (Å²) in [5, 5.41) is 8.52. The van der Waals surface area contributed by atoms with E-state index in [1.807, 2.05) is 36.4 Å². The molecular weight excluding hydrogens is 302 g/mol. The highest BCUT2D eigenvalue weighted by Crippen LogP contribution is 2.26. The van der Waals surface area contributed by atoms with Crippen LogP contribution >= 0.6 is 0 Å². The summed E-state index contributed by atoms with van der Waals surface area (Å²) in [6, 6.07) is 13.0. The van der Waals surface area contributed by atoms with E-state index >= 15 is 0 Å². The topological polar surface area (TPSA) is 90.2 Å². The Balaban J connectivity index is 1.92. The fourth-order valence-electron chi connectivity index (χ4n) is 2.21. The van der Waals surface area contributed by atoms with E-state index in [2.05, 4.69) is 35.1 Å². The molecule has 0 fully saturated rings. The van der Waals surface area contributed by atoms with Gasteiger partial charge in [0.1, 0.15) is 23.4 Å². The molecule has 0 radical (unpaired) electrons. The Labute approximate surface area is 137 Å². The summed E-state index contributed by atoms with van der Waals surface area (Å²) in [6.45, 7) is 0. The van der Waals surface area contributed by atoms with E-state index in [-0.39, 0.29) is 0 Å². The van der Waals surface area contributed by atoms with Crippen LogP contribution in [-0.2, 0) is 0 Å². The summed E-state index contributed by atoms with van der Waals surface area (Å²) < 4.78 is 0. The number of aromatic nitrogens is 7. The van der Waals surface area contributed by atoms with E-state index in [4.69, 9.17) is 0 Å². The van der Waals surface area contributed by atoms with Crippen molar-refractivity contribution in [2.45, 2.75) is 0 Å². The molecule has 7 nitrogen and oxygen atoms in total. The fraction of sp³-hybridized carbons (Fsp3) is 0. The molecule has 24 heavy (non-hydrogen) atoms. The van der Waals surface area contributed by atoms with Crippen molar-refractivity contribution in [1.29, 1.82) is 0 Å². The van der Waals surface area contributed by atoms with Crippen molar-refractivity contribution in [3.63, 3.8) is 0 Å². The molecule has 0 N–H and O–H groups in total. The van der Waals surface area contributed by atoms with E-state index in [0.29, 0.717) is 34.3 Å². The number of hydrogen-bond acceptors (Lipinski definition) is 7. The molecule has 4 rings (SSSR count).